The van der Waals surface area contributed by atoms with Crippen molar-refractivity contribution in [2.75, 3.05) is 6.54 Å². The Labute approximate surface area is 109 Å². The summed E-state index contributed by atoms with van der Waals surface area (Å²) >= 11 is 0. The highest BCUT2D eigenvalue weighted by atomic mass is 19.1. The standard InChI is InChI=1S/C12H16FN3O3/c1-7-5-9(16(18)19)6-10(11(7)13)12(17)15-4-3-8(2)14/h5-6,8H,3-4,14H2,1-2H3,(H,15,17). The van der Waals surface area contributed by atoms with Crippen LogP contribution in [-0.2, 0) is 0 Å². The van der Waals surface area contributed by atoms with Gasteiger partial charge < -0.3 is 11.1 Å². The number of nitrogens with one attached hydrogen (secondary N) is 1. The van der Waals surface area contributed by atoms with Crippen LogP contribution in [0, 0.1) is 22.9 Å². The molecule has 0 saturated heterocycles. The van der Waals surface area contributed by atoms with Crippen molar-refractivity contribution in [2.24, 2.45) is 5.73 Å². The maximum atomic E-state index is 13.8. The molecule has 0 aliphatic carbocycles. The average molecular weight is 269 g/mol. The molecule has 1 rings (SSSR count). The number of rotatable bonds is 5. The molecule has 0 heterocycles. The van der Waals surface area contributed by atoms with E-state index in [2.05, 4.69) is 5.32 Å². The number of halogens is 1. The zero-order valence-electron chi connectivity index (χ0n) is 10.8. The minimum atomic E-state index is -0.746. The molecule has 0 aliphatic heterocycles. The molecule has 1 aromatic carbocycles. The number of nitro groups is 1. The van der Waals surface area contributed by atoms with Gasteiger partial charge in [0, 0.05) is 24.7 Å². The Morgan fingerprint density at radius 2 is 2.21 bits per heavy atom. The molecule has 1 atom stereocenters. The first-order chi connectivity index (χ1) is 8.82. The third-order valence-electron chi connectivity index (χ3n) is 2.58. The second-order valence-electron chi connectivity index (χ2n) is 4.40. The molecule has 0 spiro atoms. The van der Waals surface area contributed by atoms with Crippen LogP contribution in [0.5, 0.6) is 0 Å². The molecule has 3 N–H and O–H groups in total. The minimum absolute atomic E-state index is 0.0616. The van der Waals surface area contributed by atoms with Gasteiger partial charge in [0.05, 0.1) is 10.5 Å². The predicted molar refractivity (Wildman–Crippen MR) is 68.4 cm³/mol. The summed E-state index contributed by atoms with van der Waals surface area (Å²) in [6, 6.07) is 1.94. The molecule has 1 aromatic rings. The van der Waals surface area contributed by atoms with E-state index in [1.807, 2.05) is 0 Å². The first kappa shape index (κ1) is 15.0. The zero-order valence-corrected chi connectivity index (χ0v) is 10.8. The second-order valence-corrected chi connectivity index (χ2v) is 4.40. The highest BCUT2D eigenvalue weighted by Crippen LogP contribution is 2.20. The summed E-state index contributed by atoms with van der Waals surface area (Å²) in [6.45, 7) is 3.45. The molecule has 7 heteroatoms. The summed E-state index contributed by atoms with van der Waals surface area (Å²) in [4.78, 5) is 21.8. The number of carbonyl (C=O) groups is 1. The van der Waals surface area contributed by atoms with Crippen LogP contribution in [0.15, 0.2) is 12.1 Å². The fourth-order valence-electron chi connectivity index (χ4n) is 1.53. The molecule has 104 valence electrons. The van der Waals surface area contributed by atoms with Crippen LogP contribution < -0.4 is 11.1 Å². The van der Waals surface area contributed by atoms with Crippen LogP contribution in [0.1, 0.15) is 29.3 Å². The van der Waals surface area contributed by atoms with Crippen LogP contribution in [0.25, 0.3) is 0 Å². The van der Waals surface area contributed by atoms with E-state index in [0.717, 1.165) is 12.1 Å². The smallest absolute Gasteiger partial charge is 0.270 e. The van der Waals surface area contributed by atoms with Crippen molar-refractivity contribution in [3.05, 3.63) is 39.2 Å². The molecular formula is C12H16FN3O3. The Morgan fingerprint density at radius 1 is 1.58 bits per heavy atom. The fraction of sp³-hybridized carbons (Fsp3) is 0.417. The number of hydrogen-bond acceptors (Lipinski definition) is 4. The minimum Gasteiger partial charge on any atom is -0.352 e. The maximum absolute atomic E-state index is 13.8. The maximum Gasteiger partial charge on any atom is 0.270 e. The van der Waals surface area contributed by atoms with E-state index in [1.54, 1.807) is 6.92 Å². The van der Waals surface area contributed by atoms with Crippen LogP contribution in [0.2, 0.25) is 0 Å². The van der Waals surface area contributed by atoms with Crippen molar-refractivity contribution in [1.29, 1.82) is 0 Å². The monoisotopic (exact) mass is 269 g/mol. The average Bonchev–Trinajstić information content (AvgIpc) is 2.31. The third-order valence-corrected chi connectivity index (χ3v) is 2.58. The molecule has 0 bridgehead atoms. The zero-order chi connectivity index (χ0) is 14.6. The number of aryl methyl sites for hydroxylation is 1. The second kappa shape index (κ2) is 6.24. The number of nitrogens with two attached hydrogens (primary N) is 1. The first-order valence-electron chi connectivity index (χ1n) is 5.81. The van der Waals surface area contributed by atoms with Gasteiger partial charge in [-0.3, -0.25) is 14.9 Å². The lowest BCUT2D eigenvalue weighted by Gasteiger charge is -2.09. The molecule has 0 saturated carbocycles. The van der Waals surface area contributed by atoms with Crippen molar-refractivity contribution < 1.29 is 14.1 Å². The SMILES string of the molecule is Cc1cc([N+](=O)[O-])cc(C(=O)NCCC(C)N)c1F. The number of carbonyl (C=O) groups excluding carboxylic acids is 1. The molecule has 19 heavy (non-hydrogen) atoms. The Morgan fingerprint density at radius 3 is 2.74 bits per heavy atom. The van der Waals surface area contributed by atoms with Crippen molar-refractivity contribution in [1.82, 2.24) is 5.32 Å². The number of benzene rings is 1. The highest BCUT2D eigenvalue weighted by Gasteiger charge is 2.19. The van der Waals surface area contributed by atoms with Crippen LogP contribution >= 0.6 is 0 Å². The first-order valence-corrected chi connectivity index (χ1v) is 5.81. The van der Waals surface area contributed by atoms with E-state index in [4.69, 9.17) is 5.73 Å². The van der Waals surface area contributed by atoms with E-state index in [9.17, 15) is 19.3 Å². The Hall–Kier alpha value is -2.02. The summed E-state index contributed by atoms with van der Waals surface area (Å²) in [6.07, 6.45) is 0.543. The Balaban J connectivity index is 2.92. The molecule has 0 fully saturated rings. The molecular weight excluding hydrogens is 253 g/mol. The summed E-state index contributed by atoms with van der Waals surface area (Å²) in [5, 5.41) is 13.2. The van der Waals surface area contributed by atoms with E-state index < -0.39 is 16.6 Å². The molecule has 1 unspecified atom stereocenters. The fourth-order valence-corrected chi connectivity index (χ4v) is 1.53. The van der Waals surface area contributed by atoms with Gasteiger partial charge in [0.15, 0.2) is 0 Å². The van der Waals surface area contributed by atoms with Crippen molar-refractivity contribution in [2.45, 2.75) is 26.3 Å². The summed E-state index contributed by atoms with van der Waals surface area (Å²) in [7, 11) is 0. The number of non-ortho nitro benzene ring substituents is 1. The summed E-state index contributed by atoms with van der Waals surface area (Å²) in [5.74, 6) is -1.42. The van der Waals surface area contributed by atoms with Gasteiger partial charge in [-0.2, -0.15) is 0 Å². The van der Waals surface area contributed by atoms with Gasteiger partial charge in [-0.25, -0.2) is 4.39 Å². The van der Waals surface area contributed by atoms with Gasteiger partial charge in [0.1, 0.15) is 5.82 Å². The molecule has 0 aliphatic rings. The van der Waals surface area contributed by atoms with Crippen molar-refractivity contribution >= 4 is 11.6 Å². The van der Waals surface area contributed by atoms with Crippen LogP contribution in [0.4, 0.5) is 10.1 Å². The molecule has 1 amide bonds. The third kappa shape index (κ3) is 3.99. The van der Waals surface area contributed by atoms with Gasteiger partial charge in [-0.05, 0) is 25.8 Å². The lowest BCUT2D eigenvalue weighted by atomic mass is 10.1. The van der Waals surface area contributed by atoms with Gasteiger partial charge in [-0.15, -0.1) is 0 Å². The van der Waals surface area contributed by atoms with E-state index in [0.29, 0.717) is 6.42 Å². The van der Waals surface area contributed by atoms with E-state index in [-0.39, 0.29) is 29.4 Å². The molecule has 0 radical (unpaired) electrons. The number of nitrogens with zero attached hydrogens (tertiary/aromatic N) is 1. The predicted octanol–water partition coefficient (Wildman–Crippen LogP) is 1.51. The van der Waals surface area contributed by atoms with E-state index in [1.165, 1.54) is 6.92 Å². The number of amides is 1. The normalized spacial score (nSPS) is 12.0. The largest absolute Gasteiger partial charge is 0.352 e. The Bertz CT molecular complexity index is 503. The van der Waals surface area contributed by atoms with Gasteiger partial charge in [0.2, 0.25) is 0 Å². The summed E-state index contributed by atoms with van der Waals surface area (Å²) < 4.78 is 13.8. The van der Waals surface area contributed by atoms with Gasteiger partial charge in [-0.1, -0.05) is 0 Å². The quantitative estimate of drug-likeness (QED) is 0.625. The molecule has 6 nitrogen and oxygen atoms in total. The van der Waals surface area contributed by atoms with Gasteiger partial charge in [0.25, 0.3) is 11.6 Å². The van der Waals surface area contributed by atoms with Gasteiger partial charge >= 0.3 is 0 Å². The number of hydrogen-bond donors (Lipinski definition) is 2. The van der Waals surface area contributed by atoms with E-state index >= 15 is 0 Å². The van der Waals surface area contributed by atoms with Crippen molar-refractivity contribution in [3.63, 3.8) is 0 Å². The summed E-state index contributed by atoms with van der Waals surface area (Å²) in [5.41, 5.74) is 4.95. The molecule has 0 aromatic heterocycles. The number of nitro benzene ring substituents is 1. The highest BCUT2D eigenvalue weighted by molar-refractivity contribution is 5.95. The van der Waals surface area contributed by atoms with Crippen LogP contribution in [0.3, 0.4) is 0 Å². The lowest BCUT2D eigenvalue weighted by molar-refractivity contribution is -0.385. The van der Waals surface area contributed by atoms with Crippen molar-refractivity contribution in [3.8, 4) is 0 Å². The topological polar surface area (TPSA) is 98.3 Å². The van der Waals surface area contributed by atoms with Crippen LogP contribution in [-0.4, -0.2) is 23.4 Å². The lowest BCUT2D eigenvalue weighted by Crippen LogP contribution is -2.29. The Kier molecular flexibility index (Phi) is 4.94.